The van der Waals surface area contributed by atoms with E-state index in [1.165, 1.54) is 13.8 Å². The second-order valence-electron chi connectivity index (χ2n) is 18.7. The number of carbonyl (C=O) groups excluding carboxylic acids is 8. The van der Waals surface area contributed by atoms with Crippen molar-refractivity contribution in [3.63, 3.8) is 0 Å². The fourth-order valence-corrected chi connectivity index (χ4v) is 10.7. The molecule has 4 aromatic rings. The molecule has 1 aliphatic heterocycles. The monoisotopic (exact) mass is 1120 g/mol. The van der Waals surface area contributed by atoms with Gasteiger partial charge in [0.1, 0.15) is 42.3 Å². The van der Waals surface area contributed by atoms with Crippen molar-refractivity contribution in [1.29, 1.82) is 0 Å². The number of aliphatic hydroxyl groups excluding tert-OH is 3. The minimum Gasteiger partial charge on any atom is -0.394 e. The Morgan fingerprint density at radius 3 is 1.95 bits per heavy atom. The summed E-state index contributed by atoms with van der Waals surface area (Å²) >= 11 is 4.14. The molecule has 3 aromatic carbocycles. The quantitative estimate of drug-likeness (QED) is 0.0275. The summed E-state index contributed by atoms with van der Waals surface area (Å²) in [6.07, 6.45) is -0.556. The summed E-state index contributed by atoms with van der Waals surface area (Å²) < 4.78 is 0. The molecule has 5 rings (SSSR count). The molecule has 0 spiro atoms. The Hall–Kier alpha value is -6.19. The number of hydrogen-bond donors (Lipinski definition) is 15. The number of aromatic amines is 1. The van der Waals surface area contributed by atoms with E-state index in [2.05, 4.69) is 60.1 Å². The van der Waals surface area contributed by atoms with E-state index < -0.39 is 120 Å². The Kier molecular flexibility index (Phi) is 25.0. The summed E-state index contributed by atoms with van der Waals surface area (Å²) in [4.78, 5) is 118. The summed E-state index contributed by atoms with van der Waals surface area (Å²) in [5, 5.41) is 53.3. The van der Waals surface area contributed by atoms with E-state index in [9.17, 15) is 53.7 Å². The number of nitrogens with one attached hydrogen (secondary N) is 9. The normalized spacial score (nSPS) is 22.3. The maximum absolute atomic E-state index is 14.9. The maximum atomic E-state index is 14.9. The van der Waals surface area contributed by atoms with Crippen molar-refractivity contribution in [3.05, 3.63) is 108 Å². The first-order valence-electron chi connectivity index (χ1n) is 25.3. The van der Waals surface area contributed by atoms with Crippen molar-refractivity contribution in [1.82, 2.24) is 47.5 Å². The van der Waals surface area contributed by atoms with Gasteiger partial charge in [0.25, 0.3) is 0 Å². The van der Waals surface area contributed by atoms with Crippen LogP contribution in [0.1, 0.15) is 49.8 Å². The number of para-hydroxylation sites is 1. The molecule has 0 aliphatic carbocycles. The Labute approximate surface area is 460 Å². The average Bonchev–Trinajstić information content (AvgIpc) is 3.83. The van der Waals surface area contributed by atoms with E-state index in [4.69, 9.17) is 11.5 Å². The smallest absolute Gasteiger partial charge is 0.245 e. The van der Waals surface area contributed by atoms with Gasteiger partial charge in [0.05, 0.1) is 30.9 Å². The lowest BCUT2D eigenvalue weighted by atomic mass is 10.0. The zero-order valence-corrected chi connectivity index (χ0v) is 45.3. The number of aliphatic hydroxyl groups is 3. The number of unbranched alkanes of at least 4 members (excludes halogenated alkanes) is 1. The zero-order chi connectivity index (χ0) is 56.0. The molecule has 11 atom stereocenters. The molecular weight excluding hydrogens is 1050 g/mol. The number of H-pyrrole nitrogens is 1. The molecule has 16 N–H and O–H groups in total. The minimum absolute atomic E-state index is 0.00907. The van der Waals surface area contributed by atoms with Crippen LogP contribution >= 0.6 is 34.2 Å². The van der Waals surface area contributed by atoms with Crippen molar-refractivity contribution in [2.45, 2.75) is 119 Å². The van der Waals surface area contributed by atoms with Crippen molar-refractivity contribution in [2.75, 3.05) is 30.4 Å². The van der Waals surface area contributed by atoms with Crippen LogP contribution in [-0.2, 0) is 57.6 Å². The van der Waals surface area contributed by atoms with Gasteiger partial charge in [0.15, 0.2) is 0 Å². The molecule has 1 aliphatic rings. The molecule has 2 heterocycles. The summed E-state index contributed by atoms with van der Waals surface area (Å²) in [6.45, 7) is 2.15. The summed E-state index contributed by atoms with van der Waals surface area (Å²) in [7, 11) is 1.96. The third-order valence-corrected chi connectivity index (χ3v) is 15.5. The van der Waals surface area contributed by atoms with E-state index in [1.54, 1.807) is 72.9 Å². The second-order valence-corrected chi connectivity index (χ2v) is 21.6. The van der Waals surface area contributed by atoms with E-state index >= 15 is 0 Å². The highest BCUT2D eigenvalue weighted by molar-refractivity contribution is 8.76. The van der Waals surface area contributed by atoms with Gasteiger partial charge < -0.3 is 74.3 Å². The van der Waals surface area contributed by atoms with Crippen LogP contribution in [0.4, 0.5) is 0 Å². The molecule has 3 unspecified atom stereocenters. The summed E-state index contributed by atoms with van der Waals surface area (Å²) in [5.41, 5.74) is 14.4. The van der Waals surface area contributed by atoms with Gasteiger partial charge in [-0.15, -0.1) is 0 Å². The Morgan fingerprint density at radius 2 is 1.31 bits per heavy atom. The standard InChI is InChI=1S/C52H71N11O11S3/c1-29(65)41(25-64)60-51(73)43-28-77-76-27-42(61-48(70)38(57-45(67)35(54)26-75)21-31-13-5-3-6-14-31)50(72)58-39(22-32-15-7-4-8-16-32)47(69)59-40(23-33-24-55-36-18-10-9-17-34(33)36)49(71)56-37(19-11-12-20-53)46(68)63-44(30(2)66)52(74)62-43/h3-10,13-18,24,29-30,35,37-44,55,64-66,75H,11-12,19-23,25-28,53-54H2,1-2H3,(H,56,71)(H,57,67)(H,58,72)(H,59,69)(H,60,73)(H,61,70)(H,62,74)(H,63,68)/t29-,30?,35+,37+,38-,39?,40?,41-,42+,43+,44+/m1/s1. The number of hydrogen-bond acceptors (Lipinski definition) is 16. The fourth-order valence-electron chi connectivity index (χ4n) is 8.18. The Bertz CT molecular complexity index is 2600. The number of aromatic nitrogens is 1. The second kappa shape index (κ2) is 31.3. The molecule has 1 aromatic heterocycles. The van der Waals surface area contributed by atoms with E-state index in [0.29, 0.717) is 29.5 Å². The molecule has 22 nitrogen and oxygen atoms in total. The number of benzene rings is 3. The first kappa shape index (κ1) is 61.7. The lowest BCUT2D eigenvalue weighted by Crippen LogP contribution is -2.62. The van der Waals surface area contributed by atoms with E-state index in [-0.39, 0.29) is 49.5 Å². The van der Waals surface area contributed by atoms with Gasteiger partial charge in [-0.2, -0.15) is 12.6 Å². The van der Waals surface area contributed by atoms with Gasteiger partial charge in [-0.1, -0.05) is 100 Å². The van der Waals surface area contributed by atoms with Crippen LogP contribution in [0.2, 0.25) is 0 Å². The maximum Gasteiger partial charge on any atom is 0.245 e. The molecule has 0 saturated carbocycles. The van der Waals surface area contributed by atoms with Crippen LogP contribution in [0.3, 0.4) is 0 Å². The SMILES string of the molecule is CC(O)[C@@H]1NC(=O)[C@H](CCCCN)NC(=O)C(Cc2c[nH]c3ccccc23)NC(=O)C(Cc2ccccc2)NC(=O)[C@@H](NC(=O)[C@@H](Cc2ccccc2)NC(=O)[C@@H](N)CS)CSSC[C@@H](C(=O)N[C@H](CO)[C@@H](C)O)NC1=O. The molecule has 0 bridgehead atoms. The van der Waals surface area contributed by atoms with Gasteiger partial charge in [0.2, 0.25) is 47.3 Å². The molecule has 0 radical (unpaired) electrons. The van der Waals surface area contributed by atoms with Crippen LogP contribution in [-0.4, -0.2) is 165 Å². The number of nitrogens with two attached hydrogens (primary N) is 2. The van der Waals surface area contributed by atoms with Gasteiger partial charge >= 0.3 is 0 Å². The highest BCUT2D eigenvalue weighted by Gasteiger charge is 2.37. The molecule has 25 heteroatoms. The number of rotatable bonds is 20. The lowest BCUT2D eigenvalue weighted by molar-refractivity contribution is -0.136. The Morgan fingerprint density at radius 1 is 0.714 bits per heavy atom. The van der Waals surface area contributed by atoms with Crippen molar-refractivity contribution < 1.29 is 53.7 Å². The van der Waals surface area contributed by atoms with Crippen molar-refractivity contribution in [3.8, 4) is 0 Å². The van der Waals surface area contributed by atoms with E-state index in [0.717, 1.165) is 32.5 Å². The highest BCUT2D eigenvalue weighted by Crippen LogP contribution is 2.24. The number of carbonyl (C=O) groups is 8. The molecule has 8 amide bonds. The van der Waals surface area contributed by atoms with Gasteiger partial charge in [-0.05, 0) is 62.4 Å². The first-order valence-corrected chi connectivity index (χ1v) is 28.4. The molecule has 418 valence electrons. The molecule has 1 fully saturated rings. The van der Waals surface area contributed by atoms with Crippen LogP contribution < -0.4 is 54.0 Å². The topological polar surface area (TPSA) is 361 Å². The molecule has 1 saturated heterocycles. The average molecular weight is 1120 g/mol. The highest BCUT2D eigenvalue weighted by atomic mass is 33.1. The minimum atomic E-state index is -1.70. The van der Waals surface area contributed by atoms with Gasteiger partial charge in [-0.3, -0.25) is 38.4 Å². The number of thiol groups is 1. The third kappa shape index (κ3) is 19.0. The summed E-state index contributed by atoms with van der Waals surface area (Å²) in [5.74, 6) is -7.25. The molecular formula is C52H71N11O11S3. The predicted octanol–water partition coefficient (Wildman–Crippen LogP) is -1.39. The zero-order valence-electron chi connectivity index (χ0n) is 42.8. The van der Waals surface area contributed by atoms with Gasteiger partial charge in [-0.25, -0.2) is 0 Å². The predicted molar refractivity (Wildman–Crippen MR) is 298 cm³/mol. The first-order chi connectivity index (χ1) is 36.9. The number of amides is 8. The third-order valence-electron chi connectivity index (χ3n) is 12.7. The largest absolute Gasteiger partial charge is 0.394 e. The van der Waals surface area contributed by atoms with Crippen LogP contribution in [0.25, 0.3) is 10.9 Å². The lowest BCUT2D eigenvalue weighted by Gasteiger charge is -2.29. The number of fused-ring (bicyclic) bond motifs is 1. The fraction of sp³-hybridized carbons (Fsp3) is 0.462. The summed E-state index contributed by atoms with van der Waals surface area (Å²) in [6, 6.07) is 12.5. The molecule has 77 heavy (non-hydrogen) atoms. The van der Waals surface area contributed by atoms with Gasteiger partial charge in [0, 0.05) is 53.6 Å². The van der Waals surface area contributed by atoms with Crippen molar-refractivity contribution in [2.24, 2.45) is 11.5 Å². The van der Waals surface area contributed by atoms with Crippen molar-refractivity contribution >= 4 is 92.4 Å². The van der Waals surface area contributed by atoms with Crippen LogP contribution in [0.15, 0.2) is 91.1 Å². The Balaban J connectivity index is 1.60. The van der Waals surface area contributed by atoms with E-state index in [1.807, 2.05) is 18.2 Å². The van der Waals surface area contributed by atoms with Crippen LogP contribution in [0, 0.1) is 0 Å². The van der Waals surface area contributed by atoms with Crippen LogP contribution in [0.5, 0.6) is 0 Å².